The Hall–Kier alpha value is -3.84. The smallest absolute Gasteiger partial charge is 0.323 e. The van der Waals surface area contributed by atoms with Crippen LogP contribution in [0.25, 0.3) is 0 Å². The quantitative estimate of drug-likeness (QED) is 0.362. The van der Waals surface area contributed by atoms with Gasteiger partial charge in [-0.05, 0) is 66.3 Å². The molecule has 3 aromatic carbocycles. The van der Waals surface area contributed by atoms with E-state index in [2.05, 4.69) is 46.0 Å². The summed E-state index contributed by atoms with van der Waals surface area (Å²) in [5.74, 6) is -0.167. The molecule has 0 saturated heterocycles. The average Bonchev–Trinajstić information content (AvgIpc) is 2.91. The Morgan fingerprint density at radius 1 is 0.944 bits per heavy atom. The molecule has 3 N–H and O–H groups in total. The molecule has 0 fully saturated rings. The summed E-state index contributed by atoms with van der Waals surface area (Å²) in [4.78, 5) is 28.1. The standard InChI is InChI=1S/C29H34N4O3/c1-3-21-9-11-24(12-10-21)31-29(35)32-25-13-14-27(26(19-25)28(34)30-16-6-18-36-2)33-17-15-22-7-4-5-8-23(22)20-33/h4-5,7-14,19H,3,6,15-18,20H2,1-2H3,(H,30,34)(H2,31,32,35). The van der Waals surface area contributed by atoms with Crippen molar-refractivity contribution in [1.29, 1.82) is 0 Å². The van der Waals surface area contributed by atoms with Gasteiger partial charge in [0, 0.05) is 50.4 Å². The number of carbonyl (C=O) groups excluding carboxylic acids is 2. The van der Waals surface area contributed by atoms with Gasteiger partial charge in [0.15, 0.2) is 0 Å². The fraction of sp³-hybridized carbons (Fsp3) is 0.310. The molecular formula is C29H34N4O3. The predicted octanol–water partition coefficient (Wildman–Crippen LogP) is 5.22. The Kier molecular flexibility index (Phi) is 8.57. The summed E-state index contributed by atoms with van der Waals surface area (Å²) in [7, 11) is 1.65. The van der Waals surface area contributed by atoms with Crippen molar-refractivity contribution in [2.45, 2.75) is 32.7 Å². The van der Waals surface area contributed by atoms with Gasteiger partial charge in [0.25, 0.3) is 5.91 Å². The molecule has 0 aliphatic carbocycles. The molecule has 0 unspecified atom stereocenters. The lowest BCUT2D eigenvalue weighted by Crippen LogP contribution is -2.33. The van der Waals surface area contributed by atoms with Gasteiger partial charge in [0.05, 0.1) is 5.56 Å². The van der Waals surface area contributed by atoms with Crippen molar-refractivity contribution in [2.24, 2.45) is 0 Å². The summed E-state index contributed by atoms with van der Waals surface area (Å²) in [6.07, 6.45) is 2.59. The van der Waals surface area contributed by atoms with E-state index < -0.39 is 0 Å². The maximum absolute atomic E-state index is 13.2. The SMILES string of the molecule is CCc1ccc(NC(=O)Nc2ccc(N3CCc4ccccc4C3)c(C(=O)NCCCOC)c2)cc1. The van der Waals surface area contributed by atoms with Crippen LogP contribution in [0.3, 0.4) is 0 Å². The predicted molar refractivity (Wildman–Crippen MR) is 145 cm³/mol. The Balaban J connectivity index is 1.52. The first-order valence-electron chi connectivity index (χ1n) is 12.5. The van der Waals surface area contributed by atoms with E-state index in [0.717, 1.165) is 38.0 Å². The number of carbonyl (C=O) groups is 2. The largest absolute Gasteiger partial charge is 0.385 e. The van der Waals surface area contributed by atoms with E-state index in [1.54, 1.807) is 13.2 Å². The van der Waals surface area contributed by atoms with Crippen molar-refractivity contribution >= 4 is 29.0 Å². The number of amides is 3. The van der Waals surface area contributed by atoms with Crippen molar-refractivity contribution in [1.82, 2.24) is 5.32 Å². The van der Waals surface area contributed by atoms with E-state index in [-0.39, 0.29) is 11.9 Å². The number of hydrogen-bond donors (Lipinski definition) is 3. The lowest BCUT2D eigenvalue weighted by atomic mass is 9.98. The highest BCUT2D eigenvalue weighted by atomic mass is 16.5. The number of nitrogens with zero attached hydrogens (tertiary/aromatic N) is 1. The minimum absolute atomic E-state index is 0.167. The van der Waals surface area contributed by atoms with Crippen molar-refractivity contribution in [2.75, 3.05) is 42.3 Å². The van der Waals surface area contributed by atoms with Crippen LogP contribution in [0.4, 0.5) is 21.9 Å². The van der Waals surface area contributed by atoms with Crippen molar-refractivity contribution < 1.29 is 14.3 Å². The molecule has 7 nitrogen and oxygen atoms in total. The van der Waals surface area contributed by atoms with Crippen LogP contribution in [0.5, 0.6) is 0 Å². The Bertz CT molecular complexity index is 1190. The molecule has 36 heavy (non-hydrogen) atoms. The molecule has 1 aliphatic heterocycles. The van der Waals surface area contributed by atoms with Crippen LogP contribution in [0.2, 0.25) is 0 Å². The topological polar surface area (TPSA) is 82.7 Å². The highest BCUT2D eigenvalue weighted by molar-refractivity contribution is 6.04. The fourth-order valence-electron chi connectivity index (χ4n) is 4.40. The lowest BCUT2D eigenvalue weighted by Gasteiger charge is -2.32. The Labute approximate surface area is 212 Å². The number of rotatable bonds is 9. The van der Waals surface area contributed by atoms with Gasteiger partial charge in [-0.1, -0.05) is 43.3 Å². The van der Waals surface area contributed by atoms with E-state index in [1.165, 1.54) is 16.7 Å². The van der Waals surface area contributed by atoms with E-state index in [1.807, 2.05) is 42.5 Å². The van der Waals surface area contributed by atoms with E-state index >= 15 is 0 Å². The molecule has 7 heteroatoms. The number of nitrogens with one attached hydrogen (secondary N) is 3. The van der Waals surface area contributed by atoms with Crippen LogP contribution in [0.15, 0.2) is 66.7 Å². The zero-order valence-corrected chi connectivity index (χ0v) is 21.0. The minimum atomic E-state index is -0.356. The summed E-state index contributed by atoms with van der Waals surface area (Å²) in [6, 6.07) is 21.3. The van der Waals surface area contributed by atoms with Gasteiger partial charge < -0.3 is 25.6 Å². The van der Waals surface area contributed by atoms with Gasteiger partial charge in [-0.15, -0.1) is 0 Å². The number of fused-ring (bicyclic) bond motifs is 1. The van der Waals surface area contributed by atoms with Gasteiger partial charge in [-0.3, -0.25) is 4.79 Å². The average molecular weight is 487 g/mol. The first kappa shape index (κ1) is 25.3. The van der Waals surface area contributed by atoms with Gasteiger partial charge in [0.1, 0.15) is 0 Å². The van der Waals surface area contributed by atoms with E-state index in [0.29, 0.717) is 30.1 Å². The van der Waals surface area contributed by atoms with Crippen LogP contribution in [0, 0.1) is 0 Å². The van der Waals surface area contributed by atoms with E-state index in [9.17, 15) is 9.59 Å². The third-order valence-electron chi connectivity index (χ3n) is 6.40. The van der Waals surface area contributed by atoms with Gasteiger partial charge in [0.2, 0.25) is 0 Å². The first-order valence-corrected chi connectivity index (χ1v) is 12.5. The second-order valence-corrected chi connectivity index (χ2v) is 8.90. The molecule has 3 aromatic rings. The van der Waals surface area contributed by atoms with Gasteiger partial charge in [-0.25, -0.2) is 4.79 Å². The highest BCUT2D eigenvalue weighted by Crippen LogP contribution is 2.29. The van der Waals surface area contributed by atoms with Crippen molar-refractivity contribution in [3.05, 3.63) is 89.0 Å². The summed E-state index contributed by atoms with van der Waals surface area (Å²) < 4.78 is 5.09. The zero-order chi connectivity index (χ0) is 25.3. The number of ether oxygens (including phenoxy) is 1. The molecule has 0 bridgehead atoms. The molecular weight excluding hydrogens is 452 g/mol. The summed E-state index contributed by atoms with van der Waals surface area (Å²) in [5.41, 5.74) is 6.49. The van der Waals surface area contributed by atoms with Crippen LogP contribution < -0.4 is 20.9 Å². The second-order valence-electron chi connectivity index (χ2n) is 8.90. The van der Waals surface area contributed by atoms with Crippen molar-refractivity contribution in [3.8, 4) is 0 Å². The maximum Gasteiger partial charge on any atom is 0.323 e. The number of hydrogen-bond acceptors (Lipinski definition) is 4. The van der Waals surface area contributed by atoms with Gasteiger partial charge in [-0.2, -0.15) is 0 Å². The lowest BCUT2D eigenvalue weighted by molar-refractivity contribution is 0.0949. The van der Waals surface area contributed by atoms with Gasteiger partial charge >= 0.3 is 6.03 Å². The number of urea groups is 1. The van der Waals surface area contributed by atoms with Crippen molar-refractivity contribution in [3.63, 3.8) is 0 Å². The van der Waals surface area contributed by atoms with Crippen LogP contribution in [0.1, 0.15) is 40.4 Å². The molecule has 0 radical (unpaired) electrons. The first-order chi connectivity index (χ1) is 17.6. The molecule has 0 spiro atoms. The van der Waals surface area contributed by atoms with Crippen LogP contribution in [-0.4, -0.2) is 38.7 Å². The molecule has 1 heterocycles. The number of benzene rings is 3. The molecule has 0 atom stereocenters. The summed E-state index contributed by atoms with van der Waals surface area (Å²) in [6.45, 7) is 4.74. The summed E-state index contributed by atoms with van der Waals surface area (Å²) in [5, 5.41) is 8.71. The fourth-order valence-corrected chi connectivity index (χ4v) is 4.40. The monoisotopic (exact) mass is 486 g/mol. The molecule has 188 valence electrons. The van der Waals surface area contributed by atoms with Crippen LogP contribution in [-0.2, 0) is 24.1 Å². The third kappa shape index (κ3) is 6.43. The summed E-state index contributed by atoms with van der Waals surface area (Å²) >= 11 is 0. The normalized spacial score (nSPS) is 12.6. The number of methoxy groups -OCH3 is 1. The molecule has 1 aliphatic rings. The second kappa shape index (κ2) is 12.2. The Morgan fingerprint density at radius 2 is 1.67 bits per heavy atom. The number of anilines is 3. The molecule has 3 amide bonds. The van der Waals surface area contributed by atoms with Crippen LogP contribution >= 0.6 is 0 Å². The minimum Gasteiger partial charge on any atom is -0.385 e. The highest BCUT2D eigenvalue weighted by Gasteiger charge is 2.22. The number of aryl methyl sites for hydroxylation is 1. The Morgan fingerprint density at radius 3 is 2.42 bits per heavy atom. The molecule has 4 rings (SSSR count). The maximum atomic E-state index is 13.2. The van der Waals surface area contributed by atoms with E-state index in [4.69, 9.17) is 4.74 Å². The third-order valence-corrected chi connectivity index (χ3v) is 6.40. The molecule has 0 saturated carbocycles. The molecule has 0 aromatic heterocycles. The zero-order valence-electron chi connectivity index (χ0n) is 21.0.